The fraction of sp³-hybridized carbons (Fsp3) is 0.133. The van der Waals surface area contributed by atoms with Crippen molar-refractivity contribution in [3.8, 4) is 5.75 Å². The zero-order valence-electron chi connectivity index (χ0n) is 10.6. The monoisotopic (exact) mass is 400 g/mol. The molecule has 0 aliphatic carbocycles. The number of carbonyl (C=O) groups excluding carboxylic acids is 1. The number of hydrogen-bond donors (Lipinski definition) is 0. The fourth-order valence-electron chi connectivity index (χ4n) is 1.80. The third-order valence-corrected chi connectivity index (χ3v) is 4.27. The van der Waals surface area contributed by atoms with Gasteiger partial charge in [0, 0.05) is 20.9 Å². The van der Waals surface area contributed by atoms with Crippen LogP contribution in [0, 0.1) is 5.82 Å². The lowest BCUT2D eigenvalue weighted by Crippen LogP contribution is -2.05. The quantitative estimate of drug-likeness (QED) is 0.688. The van der Waals surface area contributed by atoms with E-state index in [0.717, 1.165) is 10.0 Å². The number of Topliss-reactive ketones (excluding diaryl/α,β-unsaturated/α-hetero) is 1. The van der Waals surface area contributed by atoms with Gasteiger partial charge in [0.05, 0.1) is 7.11 Å². The lowest BCUT2D eigenvalue weighted by molar-refractivity contribution is 0.0992. The van der Waals surface area contributed by atoms with Crippen molar-refractivity contribution in [1.29, 1.82) is 0 Å². The van der Waals surface area contributed by atoms with Crippen molar-refractivity contribution in [2.75, 3.05) is 7.11 Å². The molecule has 20 heavy (non-hydrogen) atoms. The van der Waals surface area contributed by atoms with E-state index in [1.54, 1.807) is 13.2 Å². The fourth-order valence-corrected chi connectivity index (χ4v) is 2.76. The molecule has 104 valence electrons. The Morgan fingerprint density at radius 1 is 1.15 bits per heavy atom. The first-order valence-corrected chi connectivity index (χ1v) is 7.40. The van der Waals surface area contributed by atoms with E-state index < -0.39 is 0 Å². The van der Waals surface area contributed by atoms with Gasteiger partial charge in [-0.3, -0.25) is 4.79 Å². The molecule has 0 unspecified atom stereocenters. The predicted molar refractivity (Wildman–Crippen MR) is 82.8 cm³/mol. The van der Waals surface area contributed by atoms with E-state index in [1.807, 2.05) is 12.1 Å². The van der Waals surface area contributed by atoms with Crippen molar-refractivity contribution < 1.29 is 13.9 Å². The van der Waals surface area contributed by atoms with Crippen LogP contribution in [0.3, 0.4) is 0 Å². The molecule has 0 amide bonds. The van der Waals surface area contributed by atoms with Gasteiger partial charge in [-0.15, -0.1) is 0 Å². The standard InChI is InChI=1S/C15H11Br2FO2/c1-20-11-3-5-13(16)9(6-11)7-15(19)12-4-2-10(18)8-14(12)17/h2-6,8H,7H2,1H3. The average Bonchev–Trinajstić information content (AvgIpc) is 2.41. The number of methoxy groups -OCH3 is 1. The minimum Gasteiger partial charge on any atom is -0.497 e. The van der Waals surface area contributed by atoms with Gasteiger partial charge in [0.25, 0.3) is 0 Å². The summed E-state index contributed by atoms with van der Waals surface area (Å²) in [6.07, 6.45) is 0.210. The molecule has 2 nitrogen and oxygen atoms in total. The second-order valence-corrected chi connectivity index (χ2v) is 5.89. The second kappa shape index (κ2) is 6.50. The molecular formula is C15H11Br2FO2. The van der Waals surface area contributed by atoms with E-state index in [4.69, 9.17) is 4.74 Å². The minimum absolute atomic E-state index is 0.0918. The van der Waals surface area contributed by atoms with Crippen molar-refractivity contribution in [1.82, 2.24) is 0 Å². The maximum atomic E-state index is 13.0. The molecule has 0 aliphatic rings. The van der Waals surface area contributed by atoms with Gasteiger partial charge in [-0.25, -0.2) is 4.39 Å². The van der Waals surface area contributed by atoms with Crippen LogP contribution in [0.25, 0.3) is 0 Å². The predicted octanol–water partition coefficient (Wildman–Crippen LogP) is 4.78. The molecule has 0 fully saturated rings. The molecule has 0 radical (unpaired) electrons. The van der Waals surface area contributed by atoms with Gasteiger partial charge in [-0.2, -0.15) is 0 Å². The Hall–Kier alpha value is -1.20. The van der Waals surface area contributed by atoms with Gasteiger partial charge >= 0.3 is 0 Å². The first kappa shape index (κ1) is 15.2. The van der Waals surface area contributed by atoms with Crippen molar-refractivity contribution in [3.05, 3.63) is 62.3 Å². The van der Waals surface area contributed by atoms with Crippen LogP contribution in [0.15, 0.2) is 45.3 Å². The number of halogens is 3. The number of hydrogen-bond acceptors (Lipinski definition) is 2. The summed E-state index contributed by atoms with van der Waals surface area (Å²) >= 11 is 6.62. The molecule has 0 saturated heterocycles. The van der Waals surface area contributed by atoms with E-state index >= 15 is 0 Å². The molecule has 0 bridgehead atoms. The Morgan fingerprint density at radius 3 is 2.55 bits per heavy atom. The van der Waals surface area contributed by atoms with E-state index in [9.17, 15) is 9.18 Å². The molecule has 0 atom stereocenters. The normalized spacial score (nSPS) is 10.4. The van der Waals surface area contributed by atoms with E-state index in [1.165, 1.54) is 18.2 Å². The molecule has 2 aromatic rings. The van der Waals surface area contributed by atoms with Gasteiger partial charge < -0.3 is 4.74 Å². The SMILES string of the molecule is COc1ccc(Br)c(CC(=O)c2ccc(F)cc2Br)c1. The van der Waals surface area contributed by atoms with E-state index in [0.29, 0.717) is 15.8 Å². The lowest BCUT2D eigenvalue weighted by atomic mass is 10.0. The third-order valence-electron chi connectivity index (χ3n) is 2.84. The zero-order chi connectivity index (χ0) is 14.7. The summed E-state index contributed by atoms with van der Waals surface area (Å²) in [7, 11) is 1.57. The van der Waals surface area contributed by atoms with Crippen molar-refractivity contribution in [2.24, 2.45) is 0 Å². The van der Waals surface area contributed by atoms with Gasteiger partial charge in [-0.1, -0.05) is 15.9 Å². The van der Waals surface area contributed by atoms with E-state index in [2.05, 4.69) is 31.9 Å². The van der Waals surface area contributed by atoms with Crippen LogP contribution in [0.2, 0.25) is 0 Å². The molecule has 2 aromatic carbocycles. The molecule has 2 rings (SSSR count). The molecule has 0 aromatic heterocycles. The van der Waals surface area contributed by atoms with Crippen molar-refractivity contribution in [2.45, 2.75) is 6.42 Å². The Kier molecular flexibility index (Phi) is 4.94. The van der Waals surface area contributed by atoms with Crippen LogP contribution in [0.4, 0.5) is 4.39 Å². The molecule has 0 saturated carbocycles. The molecule has 0 spiro atoms. The average molecular weight is 402 g/mol. The number of benzene rings is 2. The number of ether oxygens (including phenoxy) is 1. The van der Waals surface area contributed by atoms with Crippen LogP contribution in [-0.2, 0) is 6.42 Å². The molecule has 5 heteroatoms. The highest BCUT2D eigenvalue weighted by molar-refractivity contribution is 9.10. The maximum Gasteiger partial charge on any atom is 0.168 e. The Bertz CT molecular complexity index is 656. The summed E-state index contributed by atoms with van der Waals surface area (Å²) in [6, 6.07) is 9.49. The third kappa shape index (κ3) is 3.46. The van der Waals surface area contributed by atoms with Gasteiger partial charge in [-0.05, 0) is 57.9 Å². The summed E-state index contributed by atoms with van der Waals surface area (Å²) in [6.45, 7) is 0. The van der Waals surface area contributed by atoms with Gasteiger partial charge in [0.15, 0.2) is 5.78 Å². The van der Waals surface area contributed by atoms with Gasteiger partial charge in [0.1, 0.15) is 11.6 Å². The number of ketones is 1. The first-order chi connectivity index (χ1) is 9.51. The van der Waals surface area contributed by atoms with Crippen LogP contribution < -0.4 is 4.74 Å². The van der Waals surface area contributed by atoms with Crippen LogP contribution in [0.1, 0.15) is 15.9 Å². The number of rotatable bonds is 4. The molecule has 0 heterocycles. The summed E-state index contributed by atoms with van der Waals surface area (Å²) in [4.78, 5) is 12.3. The maximum absolute atomic E-state index is 13.0. The topological polar surface area (TPSA) is 26.3 Å². The zero-order valence-corrected chi connectivity index (χ0v) is 13.8. The highest BCUT2D eigenvalue weighted by Gasteiger charge is 2.13. The summed E-state index contributed by atoms with van der Waals surface area (Å²) < 4.78 is 19.5. The Balaban J connectivity index is 2.27. The van der Waals surface area contributed by atoms with Crippen molar-refractivity contribution >= 4 is 37.6 Å². The molecular weight excluding hydrogens is 391 g/mol. The second-order valence-electron chi connectivity index (χ2n) is 4.18. The van der Waals surface area contributed by atoms with Crippen LogP contribution in [0.5, 0.6) is 5.75 Å². The lowest BCUT2D eigenvalue weighted by Gasteiger charge is -2.08. The number of carbonyl (C=O) groups is 1. The van der Waals surface area contributed by atoms with E-state index in [-0.39, 0.29) is 18.0 Å². The smallest absolute Gasteiger partial charge is 0.168 e. The van der Waals surface area contributed by atoms with Crippen LogP contribution in [-0.4, -0.2) is 12.9 Å². The molecule has 0 N–H and O–H groups in total. The summed E-state index contributed by atoms with van der Waals surface area (Å²) in [5, 5.41) is 0. The van der Waals surface area contributed by atoms with Gasteiger partial charge in [0.2, 0.25) is 0 Å². The Labute approximate surface area is 133 Å². The largest absolute Gasteiger partial charge is 0.497 e. The Morgan fingerprint density at radius 2 is 1.90 bits per heavy atom. The molecule has 0 aliphatic heterocycles. The highest BCUT2D eigenvalue weighted by atomic mass is 79.9. The highest BCUT2D eigenvalue weighted by Crippen LogP contribution is 2.25. The van der Waals surface area contributed by atoms with Crippen LogP contribution >= 0.6 is 31.9 Å². The summed E-state index contributed by atoms with van der Waals surface area (Å²) in [5.74, 6) is 0.219. The van der Waals surface area contributed by atoms with Crippen molar-refractivity contribution in [3.63, 3.8) is 0 Å². The minimum atomic E-state index is -0.379. The summed E-state index contributed by atoms with van der Waals surface area (Å²) in [5.41, 5.74) is 1.28. The first-order valence-electron chi connectivity index (χ1n) is 5.82.